The maximum Gasteiger partial charge on any atom is 0.407 e. The monoisotopic (exact) mass is 713 g/mol. The van der Waals surface area contributed by atoms with Crippen molar-refractivity contribution >= 4 is 33.2 Å². The van der Waals surface area contributed by atoms with Gasteiger partial charge in [-0.1, -0.05) is 31.2 Å². The number of methoxy groups -OCH3 is 1. The lowest BCUT2D eigenvalue weighted by atomic mass is 9.59. The van der Waals surface area contributed by atoms with Crippen molar-refractivity contribution in [3.05, 3.63) is 96.8 Å². The van der Waals surface area contributed by atoms with Crippen LogP contribution in [0.1, 0.15) is 37.7 Å². The van der Waals surface area contributed by atoms with E-state index < -0.39 is 27.3 Å². The molecule has 3 aliphatic rings. The van der Waals surface area contributed by atoms with Gasteiger partial charge in [-0.3, -0.25) is 4.79 Å². The highest BCUT2D eigenvalue weighted by atomic mass is 32.2. The Labute approximate surface area is 299 Å². The first-order valence-electron chi connectivity index (χ1n) is 17.4. The minimum atomic E-state index is -3.78. The molecule has 1 unspecified atom stereocenters. The third-order valence-corrected chi connectivity index (χ3v) is 12.7. The van der Waals surface area contributed by atoms with Crippen molar-refractivity contribution < 1.29 is 27.1 Å². The molecular weight excluding hydrogens is 670 g/mol. The van der Waals surface area contributed by atoms with Gasteiger partial charge in [-0.2, -0.15) is 5.26 Å². The van der Waals surface area contributed by atoms with Crippen LogP contribution in [0, 0.1) is 34.9 Å². The van der Waals surface area contributed by atoms with Gasteiger partial charge in [0.1, 0.15) is 5.82 Å². The Bertz CT molecular complexity index is 1900. The standard InChI is InChI=1S/C39H44FN5O5S/c1-3-37(46)42-31-9-5-10-34(22-31)51(48,49)33-15-13-32(14-16-33)45-24-27(25-45)23-44-19-17-28(18-20-44)39(26-41,29-7-4-8-30(40)21-29)35-11-6-12-36(35)43-38(47)50-2/h3-5,7-10,13-16,21-22,27-28,35-36H,1,6,11-12,17-20,23-25H2,2H3,(H,42,46)(H,43,47)/t35-,36-,39?/m0/s1. The Balaban J connectivity index is 1.06. The number of hydrogen-bond donors (Lipinski definition) is 2. The van der Waals surface area contributed by atoms with Gasteiger partial charge in [0.15, 0.2) is 0 Å². The quantitative estimate of drug-likeness (QED) is 0.234. The average molecular weight is 714 g/mol. The van der Waals surface area contributed by atoms with Crippen LogP contribution in [0.25, 0.3) is 0 Å². The molecule has 2 heterocycles. The second kappa shape index (κ2) is 15.3. The van der Waals surface area contributed by atoms with E-state index in [0.29, 0.717) is 17.2 Å². The number of ether oxygens (including phenoxy) is 1. The van der Waals surface area contributed by atoms with E-state index >= 15 is 0 Å². The van der Waals surface area contributed by atoms with Gasteiger partial charge < -0.3 is 25.2 Å². The van der Waals surface area contributed by atoms with E-state index in [2.05, 4.69) is 33.1 Å². The molecule has 3 fully saturated rings. The number of sulfone groups is 1. The smallest absolute Gasteiger partial charge is 0.407 e. The highest BCUT2D eigenvalue weighted by Crippen LogP contribution is 2.50. The van der Waals surface area contributed by atoms with Crippen LogP contribution in [0.4, 0.5) is 20.6 Å². The van der Waals surface area contributed by atoms with E-state index in [1.165, 1.54) is 31.4 Å². The molecule has 1 aliphatic carbocycles. The SMILES string of the molecule is C=CC(=O)Nc1cccc(S(=O)(=O)c2ccc(N3CC(CN4CCC(C(C#N)(c5cccc(F)c5)[C@H]5CCC[C@@H]5NC(=O)OC)CC4)C3)cc2)c1. The normalized spacial score (nSPS) is 21.2. The number of hydrogen-bond acceptors (Lipinski definition) is 8. The number of carbonyl (C=O) groups is 2. The molecule has 51 heavy (non-hydrogen) atoms. The molecule has 6 rings (SSSR count). The number of anilines is 2. The van der Waals surface area contributed by atoms with Crippen LogP contribution in [0.5, 0.6) is 0 Å². The van der Waals surface area contributed by atoms with Crippen LogP contribution in [-0.4, -0.2) is 71.2 Å². The van der Waals surface area contributed by atoms with Gasteiger partial charge >= 0.3 is 6.09 Å². The molecule has 3 aromatic carbocycles. The fourth-order valence-electron chi connectivity index (χ4n) is 8.36. The van der Waals surface area contributed by atoms with Crippen LogP contribution in [0.2, 0.25) is 0 Å². The Morgan fingerprint density at radius 2 is 1.75 bits per heavy atom. The molecule has 2 amide bonds. The minimum Gasteiger partial charge on any atom is -0.453 e. The Morgan fingerprint density at radius 1 is 1.02 bits per heavy atom. The summed E-state index contributed by atoms with van der Waals surface area (Å²) in [5.41, 5.74) is 1.08. The lowest BCUT2D eigenvalue weighted by molar-refractivity contribution is -0.111. The van der Waals surface area contributed by atoms with Crippen molar-refractivity contribution in [2.45, 2.75) is 53.4 Å². The van der Waals surface area contributed by atoms with Gasteiger partial charge in [-0.05, 0) is 111 Å². The minimum absolute atomic E-state index is 0.00616. The number of amides is 2. The summed E-state index contributed by atoms with van der Waals surface area (Å²) in [6.45, 7) is 7.70. The van der Waals surface area contributed by atoms with E-state index in [0.717, 1.165) is 76.6 Å². The second-order valence-corrected chi connectivity index (χ2v) is 15.8. The van der Waals surface area contributed by atoms with E-state index in [1.807, 2.05) is 18.2 Å². The summed E-state index contributed by atoms with van der Waals surface area (Å²) < 4.78 is 46.1. The molecule has 0 radical (unpaired) electrons. The summed E-state index contributed by atoms with van der Waals surface area (Å²) >= 11 is 0. The number of carbonyl (C=O) groups excluding carboxylic acids is 2. The molecular formula is C39H44FN5O5S. The fraction of sp³-hybridized carbons (Fsp3) is 0.410. The predicted molar refractivity (Wildman–Crippen MR) is 192 cm³/mol. The molecule has 3 atom stereocenters. The second-order valence-electron chi connectivity index (χ2n) is 13.8. The number of nitrogens with zero attached hydrogens (tertiary/aromatic N) is 3. The fourth-order valence-corrected chi connectivity index (χ4v) is 9.67. The predicted octanol–water partition coefficient (Wildman–Crippen LogP) is 5.92. The van der Waals surface area contributed by atoms with Crippen molar-refractivity contribution in [3.63, 3.8) is 0 Å². The summed E-state index contributed by atoms with van der Waals surface area (Å²) in [5.74, 6) is -0.488. The molecule has 0 aromatic heterocycles. The van der Waals surface area contributed by atoms with Crippen molar-refractivity contribution in [2.24, 2.45) is 17.8 Å². The summed E-state index contributed by atoms with van der Waals surface area (Å²) in [4.78, 5) is 28.8. The Kier molecular flexibility index (Phi) is 10.8. The number of halogens is 1. The number of alkyl carbamates (subject to hydrolysis) is 1. The van der Waals surface area contributed by atoms with E-state index in [4.69, 9.17) is 4.74 Å². The van der Waals surface area contributed by atoms with Crippen molar-refractivity contribution in [3.8, 4) is 6.07 Å². The van der Waals surface area contributed by atoms with Gasteiger partial charge in [-0.25, -0.2) is 17.6 Å². The van der Waals surface area contributed by atoms with Crippen LogP contribution >= 0.6 is 0 Å². The zero-order valence-corrected chi connectivity index (χ0v) is 29.6. The lowest BCUT2D eigenvalue weighted by Crippen LogP contribution is -2.55. The number of benzene rings is 3. The van der Waals surface area contributed by atoms with Gasteiger partial charge in [0.2, 0.25) is 15.7 Å². The van der Waals surface area contributed by atoms with Crippen molar-refractivity contribution in [1.29, 1.82) is 5.26 Å². The van der Waals surface area contributed by atoms with Gasteiger partial charge in [-0.15, -0.1) is 0 Å². The zero-order chi connectivity index (χ0) is 36.2. The highest BCUT2D eigenvalue weighted by Gasteiger charge is 2.52. The topological polar surface area (TPSA) is 132 Å². The van der Waals surface area contributed by atoms with Crippen LogP contribution in [0.15, 0.2) is 95.2 Å². The highest BCUT2D eigenvalue weighted by molar-refractivity contribution is 7.91. The number of nitriles is 1. The molecule has 2 N–H and O–H groups in total. The number of piperidine rings is 1. The summed E-state index contributed by atoms with van der Waals surface area (Å²) in [7, 11) is -2.45. The van der Waals surface area contributed by atoms with Gasteiger partial charge in [0, 0.05) is 48.9 Å². The first-order chi connectivity index (χ1) is 24.6. The molecule has 268 valence electrons. The molecule has 2 saturated heterocycles. The first-order valence-corrected chi connectivity index (χ1v) is 18.9. The maximum atomic E-state index is 14.6. The first kappa shape index (κ1) is 36.1. The maximum absolute atomic E-state index is 14.6. The molecule has 10 nitrogen and oxygen atoms in total. The van der Waals surface area contributed by atoms with E-state index in [-0.39, 0.29) is 33.5 Å². The number of rotatable bonds is 11. The molecule has 0 bridgehead atoms. The average Bonchev–Trinajstić information content (AvgIpc) is 3.59. The molecule has 2 aliphatic heterocycles. The van der Waals surface area contributed by atoms with Crippen LogP contribution in [-0.2, 0) is 24.8 Å². The molecule has 12 heteroatoms. The molecule has 3 aromatic rings. The van der Waals surface area contributed by atoms with E-state index in [9.17, 15) is 27.7 Å². The molecule has 0 spiro atoms. The number of likely N-dealkylation sites (tertiary alicyclic amines) is 1. The van der Waals surface area contributed by atoms with Crippen molar-refractivity contribution in [2.75, 3.05) is 50.1 Å². The summed E-state index contributed by atoms with van der Waals surface area (Å²) in [5, 5.41) is 16.5. The van der Waals surface area contributed by atoms with Crippen molar-refractivity contribution in [1.82, 2.24) is 10.2 Å². The Morgan fingerprint density at radius 3 is 2.41 bits per heavy atom. The molecule has 1 saturated carbocycles. The summed E-state index contributed by atoms with van der Waals surface area (Å²) in [6, 6.07) is 21.9. The lowest BCUT2D eigenvalue weighted by Gasteiger charge is -2.48. The summed E-state index contributed by atoms with van der Waals surface area (Å²) in [6.07, 6.45) is 4.59. The van der Waals surface area contributed by atoms with Gasteiger partial charge in [0.25, 0.3) is 0 Å². The third kappa shape index (κ3) is 7.51. The largest absolute Gasteiger partial charge is 0.453 e. The Hall–Kier alpha value is -4.73. The zero-order valence-electron chi connectivity index (χ0n) is 28.8. The third-order valence-electron chi connectivity index (χ3n) is 10.9. The van der Waals surface area contributed by atoms with Crippen LogP contribution in [0.3, 0.4) is 0 Å². The van der Waals surface area contributed by atoms with E-state index in [1.54, 1.807) is 30.3 Å². The van der Waals surface area contributed by atoms with Crippen LogP contribution < -0.4 is 15.5 Å². The van der Waals surface area contributed by atoms with Gasteiger partial charge in [0.05, 0.1) is 28.4 Å². The number of nitrogens with one attached hydrogen (secondary N) is 2.